The number of benzene rings is 1. The van der Waals surface area contributed by atoms with Gasteiger partial charge in [-0.15, -0.1) is 0 Å². The average Bonchev–Trinajstić information content (AvgIpc) is 3.05. The third-order valence-electron chi connectivity index (χ3n) is 6.49. The van der Waals surface area contributed by atoms with Gasteiger partial charge in [-0.2, -0.15) is 0 Å². The summed E-state index contributed by atoms with van der Waals surface area (Å²) in [7, 11) is 0. The number of likely N-dealkylation sites (tertiary alicyclic amines) is 1. The summed E-state index contributed by atoms with van der Waals surface area (Å²) >= 11 is 0. The van der Waals surface area contributed by atoms with Crippen LogP contribution >= 0.6 is 0 Å². The van der Waals surface area contributed by atoms with E-state index in [1.807, 2.05) is 35.2 Å². The van der Waals surface area contributed by atoms with Crippen LogP contribution in [0.15, 0.2) is 30.3 Å². The van der Waals surface area contributed by atoms with Gasteiger partial charge in [0.15, 0.2) is 0 Å². The van der Waals surface area contributed by atoms with Gasteiger partial charge in [0.25, 0.3) is 5.91 Å². The second kappa shape index (κ2) is 8.42. The van der Waals surface area contributed by atoms with Crippen LogP contribution in [0.5, 0.6) is 0 Å². The Morgan fingerprint density at radius 2 is 1.78 bits per heavy atom. The Morgan fingerprint density at radius 1 is 1.04 bits per heavy atom. The van der Waals surface area contributed by atoms with Gasteiger partial charge in [0, 0.05) is 43.7 Å². The van der Waals surface area contributed by atoms with E-state index in [4.69, 9.17) is 0 Å². The molecule has 2 amide bonds. The van der Waals surface area contributed by atoms with Gasteiger partial charge in [-0.25, -0.2) is 0 Å². The van der Waals surface area contributed by atoms with Crippen LogP contribution in [0.2, 0.25) is 0 Å². The van der Waals surface area contributed by atoms with Crippen molar-refractivity contribution >= 4 is 11.8 Å². The van der Waals surface area contributed by atoms with Crippen LogP contribution in [0.4, 0.5) is 0 Å². The van der Waals surface area contributed by atoms with Crippen molar-refractivity contribution < 1.29 is 9.59 Å². The lowest BCUT2D eigenvalue weighted by molar-refractivity contribution is -0.134. The highest BCUT2D eigenvalue weighted by atomic mass is 16.2. The molecule has 5 heteroatoms. The molecule has 3 atom stereocenters. The van der Waals surface area contributed by atoms with Gasteiger partial charge in [-0.05, 0) is 62.5 Å². The molecular formula is C22H31N3O2. The van der Waals surface area contributed by atoms with Gasteiger partial charge in [-0.3, -0.25) is 9.59 Å². The molecule has 3 fully saturated rings. The predicted octanol–water partition coefficient (Wildman–Crippen LogP) is 2.58. The summed E-state index contributed by atoms with van der Waals surface area (Å²) in [6.45, 7) is 2.31. The van der Waals surface area contributed by atoms with Gasteiger partial charge in [0.2, 0.25) is 5.91 Å². The van der Waals surface area contributed by atoms with Crippen LogP contribution in [0.3, 0.4) is 0 Å². The highest BCUT2D eigenvalue weighted by Gasteiger charge is 2.35. The molecule has 0 aromatic heterocycles. The number of rotatable bonds is 5. The van der Waals surface area contributed by atoms with Crippen LogP contribution in [0.1, 0.15) is 55.3 Å². The molecule has 2 bridgehead atoms. The largest absolute Gasteiger partial charge is 0.352 e. The Kier molecular flexibility index (Phi) is 5.77. The predicted molar refractivity (Wildman–Crippen MR) is 105 cm³/mol. The Bertz CT molecular complexity index is 651. The SMILES string of the molecule is O=C(NCC1CCCN(C(=O)CC2CC3CCC(C2)N3)C1)c1ccccc1. The fourth-order valence-electron chi connectivity index (χ4n) is 5.10. The topological polar surface area (TPSA) is 61.4 Å². The zero-order valence-electron chi connectivity index (χ0n) is 16.0. The van der Waals surface area contributed by atoms with E-state index in [9.17, 15) is 9.59 Å². The van der Waals surface area contributed by atoms with Gasteiger partial charge >= 0.3 is 0 Å². The van der Waals surface area contributed by atoms with Crippen molar-refractivity contribution in [2.24, 2.45) is 11.8 Å². The first-order valence-electron chi connectivity index (χ1n) is 10.5. The summed E-state index contributed by atoms with van der Waals surface area (Å²) in [6.07, 6.45) is 7.70. The maximum absolute atomic E-state index is 12.8. The third-order valence-corrected chi connectivity index (χ3v) is 6.49. The van der Waals surface area contributed by atoms with Crippen LogP contribution < -0.4 is 10.6 Å². The maximum atomic E-state index is 12.8. The quantitative estimate of drug-likeness (QED) is 0.839. The van der Waals surface area contributed by atoms with Gasteiger partial charge < -0.3 is 15.5 Å². The highest BCUT2D eigenvalue weighted by Crippen LogP contribution is 2.33. The number of piperidine rings is 2. The molecule has 3 aliphatic rings. The van der Waals surface area contributed by atoms with Crippen molar-refractivity contribution in [3.05, 3.63) is 35.9 Å². The standard InChI is InChI=1S/C22H31N3O2/c26-21(13-17-11-19-8-9-20(12-17)24-19)25-10-4-5-16(15-25)14-23-22(27)18-6-2-1-3-7-18/h1-3,6-7,16-17,19-20,24H,4-5,8-15H2,(H,23,27). The van der Waals surface area contributed by atoms with E-state index >= 15 is 0 Å². The number of nitrogens with one attached hydrogen (secondary N) is 2. The minimum Gasteiger partial charge on any atom is -0.352 e. The molecule has 0 radical (unpaired) electrons. The molecule has 1 aromatic rings. The molecule has 1 aromatic carbocycles. The lowest BCUT2D eigenvalue weighted by Gasteiger charge is -2.35. The molecule has 0 spiro atoms. The summed E-state index contributed by atoms with van der Waals surface area (Å²) in [4.78, 5) is 27.1. The fourth-order valence-corrected chi connectivity index (χ4v) is 5.10. The second-order valence-corrected chi connectivity index (χ2v) is 8.60. The van der Waals surface area contributed by atoms with Gasteiger partial charge in [0.1, 0.15) is 0 Å². The molecule has 3 saturated heterocycles. The molecule has 27 heavy (non-hydrogen) atoms. The zero-order valence-corrected chi connectivity index (χ0v) is 16.0. The van der Waals surface area contributed by atoms with Gasteiger partial charge in [0.05, 0.1) is 0 Å². The van der Waals surface area contributed by atoms with E-state index in [2.05, 4.69) is 10.6 Å². The van der Waals surface area contributed by atoms with Crippen LogP contribution in [-0.2, 0) is 4.79 Å². The van der Waals surface area contributed by atoms with Crippen molar-refractivity contribution in [1.82, 2.24) is 15.5 Å². The minimum atomic E-state index is -0.0239. The Balaban J connectivity index is 1.24. The van der Waals surface area contributed by atoms with Crippen molar-refractivity contribution in [1.29, 1.82) is 0 Å². The zero-order chi connectivity index (χ0) is 18.6. The number of carbonyl (C=O) groups excluding carboxylic acids is 2. The van der Waals surface area contributed by atoms with E-state index in [0.717, 1.165) is 38.8 Å². The van der Waals surface area contributed by atoms with Crippen molar-refractivity contribution in [3.63, 3.8) is 0 Å². The van der Waals surface area contributed by atoms with Crippen molar-refractivity contribution in [3.8, 4) is 0 Å². The summed E-state index contributed by atoms with van der Waals surface area (Å²) in [5, 5.41) is 6.70. The molecule has 146 valence electrons. The first-order chi connectivity index (χ1) is 13.2. The molecule has 5 nitrogen and oxygen atoms in total. The van der Waals surface area contributed by atoms with E-state index in [1.165, 1.54) is 12.8 Å². The van der Waals surface area contributed by atoms with Crippen molar-refractivity contribution in [2.75, 3.05) is 19.6 Å². The molecule has 4 rings (SSSR count). The molecule has 2 N–H and O–H groups in total. The lowest BCUT2D eigenvalue weighted by atomic mass is 9.88. The number of carbonyl (C=O) groups is 2. The summed E-state index contributed by atoms with van der Waals surface area (Å²) in [5.41, 5.74) is 0.696. The smallest absolute Gasteiger partial charge is 0.251 e. The number of nitrogens with zero attached hydrogens (tertiary/aromatic N) is 1. The fraction of sp³-hybridized carbons (Fsp3) is 0.636. The van der Waals surface area contributed by atoms with E-state index < -0.39 is 0 Å². The van der Waals surface area contributed by atoms with Gasteiger partial charge in [-0.1, -0.05) is 18.2 Å². The number of amides is 2. The maximum Gasteiger partial charge on any atom is 0.251 e. The molecule has 3 aliphatic heterocycles. The third kappa shape index (κ3) is 4.70. The number of hydrogen-bond donors (Lipinski definition) is 2. The molecular weight excluding hydrogens is 338 g/mol. The van der Waals surface area contributed by atoms with E-state index in [0.29, 0.717) is 48.4 Å². The Hall–Kier alpha value is -1.88. The summed E-state index contributed by atoms with van der Waals surface area (Å²) < 4.78 is 0. The average molecular weight is 370 g/mol. The van der Waals surface area contributed by atoms with Crippen LogP contribution in [0.25, 0.3) is 0 Å². The molecule has 3 unspecified atom stereocenters. The molecule has 0 aliphatic carbocycles. The first-order valence-corrected chi connectivity index (χ1v) is 10.5. The summed E-state index contributed by atoms with van der Waals surface area (Å²) in [6, 6.07) is 10.6. The summed E-state index contributed by atoms with van der Waals surface area (Å²) in [5.74, 6) is 1.21. The first kappa shape index (κ1) is 18.5. The molecule has 3 heterocycles. The number of fused-ring (bicyclic) bond motifs is 2. The lowest BCUT2D eigenvalue weighted by Crippen LogP contribution is -2.45. The van der Waals surface area contributed by atoms with E-state index in [1.54, 1.807) is 0 Å². The minimum absolute atomic E-state index is 0.0239. The van der Waals surface area contributed by atoms with E-state index in [-0.39, 0.29) is 5.91 Å². The molecule has 0 saturated carbocycles. The van der Waals surface area contributed by atoms with Crippen LogP contribution in [-0.4, -0.2) is 48.4 Å². The Labute approximate surface area is 161 Å². The highest BCUT2D eigenvalue weighted by molar-refractivity contribution is 5.94. The number of hydrogen-bond acceptors (Lipinski definition) is 3. The monoisotopic (exact) mass is 369 g/mol. The van der Waals surface area contributed by atoms with Crippen molar-refractivity contribution in [2.45, 2.75) is 57.0 Å². The Morgan fingerprint density at radius 3 is 2.52 bits per heavy atom. The normalized spacial score (nSPS) is 30.1. The van der Waals surface area contributed by atoms with Crippen LogP contribution in [0, 0.1) is 11.8 Å². The second-order valence-electron chi connectivity index (χ2n) is 8.60.